The summed E-state index contributed by atoms with van der Waals surface area (Å²) in [5, 5.41) is 22.5. The van der Waals surface area contributed by atoms with Crippen molar-refractivity contribution in [3.63, 3.8) is 0 Å². The molecule has 1 aromatic carbocycles. The number of halogens is 8. The third-order valence-electron chi connectivity index (χ3n) is 7.40. The number of carbonyl (C=O) groups is 3. The molecule has 4 heterocycles. The second kappa shape index (κ2) is 14.0. The molecule has 3 N–H and O–H groups in total. The van der Waals surface area contributed by atoms with Crippen LogP contribution in [-0.2, 0) is 29.7 Å². The smallest absolute Gasteiger partial charge is 0.475 e. The minimum Gasteiger partial charge on any atom is -0.475 e. The zero-order valence-electron chi connectivity index (χ0n) is 25.5. The number of pyridine rings is 1. The van der Waals surface area contributed by atoms with Crippen LogP contribution < -0.4 is 5.32 Å². The summed E-state index contributed by atoms with van der Waals surface area (Å²) in [6.07, 6.45) is -3.94. The summed E-state index contributed by atoms with van der Waals surface area (Å²) >= 11 is 0. The van der Waals surface area contributed by atoms with E-state index in [-0.39, 0.29) is 11.6 Å². The molecule has 0 atom stereocenters. The fourth-order valence-corrected chi connectivity index (χ4v) is 5.01. The number of carboxylic acid groups (broad SMARTS) is 2. The maximum atomic E-state index is 14.2. The predicted molar refractivity (Wildman–Crippen MR) is 154 cm³/mol. The minimum absolute atomic E-state index is 0.0552. The van der Waals surface area contributed by atoms with Crippen LogP contribution in [0, 0.1) is 0 Å². The molecule has 2 aliphatic rings. The van der Waals surface area contributed by atoms with Crippen LogP contribution in [0.3, 0.4) is 0 Å². The standard InChI is InChI=1S/C25H25F2N7O.2C2HF3O2/c1-28-25(35)33-5-6-34-21(13-33)22(31-24(34)14-3-4-14)20-11-29-9-15-7-17(16-10-30-32(2)12-16)19(23(26)27)8-18(15)20;2*3-2(4,5)1(6)7/h7-12,14,23H,3-6,13H2,1-2H3,(H,28,35);2*(H,6,7). The molecule has 2 amide bonds. The first-order valence-corrected chi connectivity index (χ1v) is 14.2. The molecule has 0 radical (unpaired) electrons. The van der Waals surface area contributed by atoms with E-state index in [9.17, 15) is 39.9 Å². The second-order valence-corrected chi connectivity index (χ2v) is 10.8. The number of aromatic nitrogens is 5. The number of aryl methyl sites for hydroxylation is 1. The molecule has 12 nitrogen and oxygen atoms in total. The van der Waals surface area contributed by atoms with Gasteiger partial charge in [0.05, 0.1) is 24.1 Å². The van der Waals surface area contributed by atoms with E-state index in [4.69, 9.17) is 24.8 Å². The van der Waals surface area contributed by atoms with Crippen LogP contribution in [0.1, 0.15) is 42.3 Å². The summed E-state index contributed by atoms with van der Waals surface area (Å²) in [6, 6.07) is 3.17. The van der Waals surface area contributed by atoms with E-state index in [1.807, 2.05) is 0 Å². The molecule has 0 spiro atoms. The van der Waals surface area contributed by atoms with E-state index in [0.29, 0.717) is 53.3 Å². The molecular formula is C29H27F8N7O5. The average Bonchev–Trinajstić information content (AvgIpc) is 3.67. The van der Waals surface area contributed by atoms with Crippen molar-refractivity contribution < 1.29 is 59.7 Å². The third kappa shape index (κ3) is 8.41. The van der Waals surface area contributed by atoms with Crippen LogP contribution in [0.2, 0.25) is 0 Å². The number of urea groups is 1. The molecule has 1 fully saturated rings. The first kappa shape index (κ1) is 36.5. The fraction of sp³-hybridized carbons (Fsp3) is 0.379. The molecule has 0 bridgehead atoms. The van der Waals surface area contributed by atoms with Crippen molar-refractivity contribution in [1.82, 2.24) is 34.5 Å². The Kier molecular flexibility index (Phi) is 10.5. The maximum Gasteiger partial charge on any atom is 0.490 e. The number of hydrogen-bond acceptors (Lipinski definition) is 6. The SMILES string of the molecule is CNC(=O)N1CCn2c(C3CC3)nc(-c3cncc4cc(-c5cnn(C)c5)c(C(F)F)cc34)c2C1.O=C(O)C(F)(F)F.O=C(O)C(F)(F)F. The van der Waals surface area contributed by atoms with E-state index in [0.717, 1.165) is 29.7 Å². The van der Waals surface area contributed by atoms with Crippen LogP contribution >= 0.6 is 0 Å². The molecule has 6 rings (SSSR count). The van der Waals surface area contributed by atoms with Crippen molar-refractivity contribution in [3.8, 4) is 22.4 Å². The number of aliphatic carboxylic acids is 2. The molecule has 0 saturated heterocycles. The van der Waals surface area contributed by atoms with Gasteiger partial charge in [-0.05, 0) is 35.9 Å². The summed E-state index contributed by atoms with van der Waals surface area (Å²) in [6.45, 7) is 1.66. The van der Waals surface area contributed by atoms with Crippen molar-refractivity contribution in [1.29, 1.82) is 0 Å². The molecule has 4 aromatic rings. The maximum absolute atomic E-state index is 14.2. The van der Waals surface area contributed by atoms with Gasteiger partial charge in [-0.25, -0.2) is 28.1 Å². The van der Waals surface area contributed by atoms with Crippen LogP contribution in [0.15, 0.2) is 36.9 Å². The molecule has 1 saturated carbocycles. The van der Waals surface area contributed by atoms with Gasteiger partial charge in [0.1, 0.15) is 5.82 Å². The van der Waals surface area contributed by atoms with Crippen molar-refractivity contribution in [2.75, 3.05) is 13.6 Å². The molecule has 20 heteroatoms. The predicted octanol–water partition coefficient (Wildman–Crippen LogP) is 5.74. The number of rotatable bonds is 4. The Balaban J connectivity index is 0.000000327. The lowest BCUT2D eigenvalue weighted by molar-refractivity contribution is -0.193. The van der Waals surface area contributed by atoms with Crippen LogP contribution in [-0.4, -0.2) is 83.3 Å². The highest BCUT2D eigenvalue weighted by molar-refractivity contribution is 5.98. The first-order chi connectivity index (χ1) is 22.8. The summed E-state index contributed by atoms with van der Waals surface area (Å²) in [5.41, 5.74) is 3.36. The van der Waals surface area contributed by atoms with Gasteiger partial charge >= 0.3 is 30.3 Å². The molecule has 264 valence electrons. The van der Waals surface area contributed by atoms with Crippen LogP contribution in [0.25, 0.3) is 33.2 Å². The molecule has 49 heavy (non-hydrogen) atoms. The Morgan fingerprint density at radius 1 is 0.939 bits per heavy atom. The van der Waals surface area contributed by atoms with Gasteiger partial charge < -0.3 is 25.0 Å². The quantitative estimate of drug-likeness (QED) is 0.227. The molecule has 0 unspecified atom stereocenters. The number of nitrogens with one attached hydrogen (secondary N) is 1. The monoisotopic (exact) mass is 705 g/mol. The lowest BCUT2D eigenvalue weighted by Gasteiger charge is -2.29. The second-order valence-electron chi connectivity index (χ2n) is 10.8. The first-order valence-electron chi connectivity index (χ1n) is 14.2. The Morgan fingerprint density at radius 3 is 2.04 bits per heavy atom. The topological polar surface area (TPSA) is 155 Å². The Labute approximate surface area is 271 Å². The van der Waals surface area contributed by atoms with Crippen molar-refractivity contribution in [3.05, 3.63) is 54.0 Å². The van der Waals surface area contributed by atoms with Gasteiger partial charge in [-0.3, -0.25) is 9.67 Å². The van der Waals surface area contributed by atoms with Crippen molar-refractivity contribution in [2.24, 2.45) is 7.05 Å². The number of nitrogens with zero attached hydrogens (tertiary/aromatic N) is 6. The Bertz CT molecular complexity index is 1840. The lowest BCUT2D eigenvalue weighted by Crippen LogP contribution is -2.43. The third-order valence-corrected chi connectivity index (χ3v) is 7.40. The van der Waals surface area contributed by atoms with Crippen molar-refractivity contribution in [2.45, 2.75) is 50.6 Å². The zero-order valence-corrected chi connectivity index (χ0v) is 25.5. The molecule has 1 aliphatic heterocycles. The number of imidazole rings is 1. The Morgan fingerprint density at radius 2 is 1.55 bits per heavy atom. The highest BCUT2D eigenvalue weighted by Crippen LogP contribution is 2.44. The summed E-state index contributed by atoms with van der Waals surface area (Å²) in [4.78, 5) is 41.4. The number of hydrogen-bond donors (Lipinski definition) is 3. The van der Waals surface area contributed by atoms with Gasteiger partial charge in [-0.2, -0.15) is 31.4 Å². The Hall–Kier alpha value is -5.30. The number of benzene rings is 1. The minimum atomic E-state index is -5.08. The van der Waals surface area contributed by atoms with E-state index >= 15 is 0 Å². The van der Waals surface area contributed by atoms with E-state index < -0.39 is 30.7 Å². The van der Waals surface area contributed by atoms with Crippen molar-refractivity contribution >= 4 is 28.7 Å². The van der Waals surface area contributed by atoms with E-state index in [1.165, 1.54) is 0 Å². The highest BCUT2D eigenvalue weighted by Gasteiger charge is 2.39. The molecule has 3 aromatic heterocycles. The number of alkyl halides is 8. The van der Waals surface area contributed by atoms with Crippen LogP contribution in [0.4, 0.5) is 39.9 Å². The normalized spacial score (nSPS) is 14.4. The van der Waals surface area contributed by atoms with Gasteiger partial charge in [0.25, 0.3) is 6.43 Å². The molecular weight excluding hydrogens is 678 g/mol. The number of fused-ring (bicyclic) bond motifs is 2. The van der Waals surface area contributed by atoms with Gasteiger partial charge in [0, 0.05) is 73.8 Å². The number of amides is 2. The highest BCUT2D eigenvalue weighted by atomic mass is 19.4. The summed E-state index contributed by atoms with van der Waals surface area (Å²) in [7, 11) is 3.37. The summed E-state index contributed by atoms with van der Waals surface area (Å²) in [5.74, 6) is -4.09. The van der Waals surface area contributed by atoms with E-state index in [1.54, 1.807) is 60.6 Å². The average molecular weight is 706 g/mol. The summed E-state index contributed by atoms with van der Waals surface area (Å²) < 4.78 is 95.8. The van der Waals surface area contributed by atoms with Gasteiger partial charge in [-0.15, -0.1) is 0 Å². The largest absolute Gasteiger partial charge is 0.490 e. The number of carboxylic acids is 2. The lowest BCUT2D eigenvalue weighted by atomic mass is 9.95. The fourth-order valence-electron chi connectivity index (χ4n) is 5.01. The van der Waals surface area contributed by atoms with E-state index in [2.05, 4.69) is 20.0 Å². The zero-order chi connectivity index (χ0) is 36.4. The van der Waals surface area contributed by atoms with Gasteiger partial charge in [-0.1, -0.05) is 0 Å². The van der Waals surface area contributed by atoms with Crippen LogP contribution in [0.5, 0.6) is 0 Å². The van der Waals surface area contributed by atoms with Gasteiger partial charge in [0.15, 0.2) is 0 Å². The molecule has 1 aliphatic carbocycles. The number of carbonyl (C=O) groups excluding carboxylic acids is 1. The van der Waals surface area contributed by atoms with Gasteiger partial charge in [0.2, 0.25) is 0 Å².